The zero-order valence-corrected chi connectivity index (χ0v) is 12.7. The number of carbonyl (C=O) groups is 1. The van der Waals surface area contributed by atoms with Gasteiger partial charge in [-0.1, -0.05) is 23.9 Å². The molecule has 0 saturated carbocycles. The fraction of sp³-hybridized carbons (Fsp3) is 0.273. The number of nitrogens with zero attached hydrogens (tertiary/aromatic N) is 4. The standard InChI is InChI=1S/C11H11IN4OS/c1-2-16-11(13-14-15-16)18-7-10(17)8-3-5-9(12)6-4-8/h3-6H,2,7H2,1H3. The number of tetrazole rings is 1. The van der Waals surface area contributed by atoms with E-state index in [0.717, 1.165) is 9.13 Å². The minimum absolute atomic E-state index is 0.0852. The van der Waals surface area contributed by atoms with Crippen LogP contribution in [0.5, 0.6) is 0 Å². The molecule has 1 heterocycles. The predicted molar refractivity (Wildman–Crippen MR) is 77.7 cm³/mol. The SMILES string of the molecule is CCn1nnnc1SCC(=O)c1ccc(I)cc1. The number of hydrogen-bond donors (Lipinski definition) is 0. The first-order valence-corrected chi connectivity index (χ1v) is 7.45. The molecule has 1 aromatic carbocycles. The van der Waals surface area contributed by atoms with E-state index in [9.17, 15) is 4.79 Å². The van der Waals surface area contributed by atoms with Crippen LogP contribution in [-0.2, 0) is 6.54 Å². The average Bonchev–Trinajstić information content (AvgIpc) is 2.84. The Kier molecular flexibility index (Phi) is 4.70. The third kappa shape index (κ3) is 3.29. The lowest BCUT2D eigenvalue weighted by Gasteiger charge is -2.01. The molecule has 0 fully saturated rings. The molecule has 0 spiro atoms. The lowest BCUT2D eigenvalue weighted by Crippen LogP contribution is -2.05. The zero-order chi connectivity index (χ0) is 13.0. The number of thioether (sulfide) groups is 1. The van der Waals surface area contributed by atoms with E-state index in [1.54, 1.807) is 4.68 Å². The van der Waals surface area contributed by atoms with Gasteiger partial charge in [0.1, 0.15) is 0 Å². The van der Waals surface area contributed by atoms with Crippen LogP contribution in [0.25, 0.3) is 0 Å². The molecule has 2 rings (SSSR count). The van der Waals surface area contributed by atoms with Gasteiger partial charge in [0.25, 0.3) is 0 Å². The highest BCUT2D eigenvalue weighted by atomic mass is 127. The van der Waals surface area contributed by atoms with Crippen molar-refractivity contribution in [1.29, 1.82) is 0 Å². The Bertz CT molecular complexity index is 540. The monoisotopic (exact) mass is 374 g/mol. The maximum atomic E-state index is 11.9. The second kappa shape index (κ2) is 6.28. The van der Waals surface area contributed by atoms with Gasteiger partial charge >= 0.3 is 0 Å². The highest BCUT2D eigenvalue weighted by Crippen LogP contribution is 2.16. The number of rotatable bonds is 5. The Morgan fingerprint density at radius 2 is 2.11 bits per heavy atom. The van der Waals surface area contributed by atoms with Crippen LogP contribution in [0.1, 0.15) is 17.3 Å². The van der Waals surface area contributed by atoms with Crippen molar-refractivity contribution in [2.45, 2.75) is 18.6 Å². The van der Waals surface area contributed by atoms with Gasteiger partial charge in [-0.15, -0.1) is 5.10 Å². The van der Waals surface area contributed by atoms with Crippen LogP contribution in [0.15, 0.2) is 29.4 Å². The molecule has 1 aromatic heterocycles. The number of aryl methyl sites for hydroxylation is 1. The maximum absolute atomic E-state index is 11.9. The van der Waals surface area contributed by atoms with Crippen LogP contribution in [0.3, 0.4) is 0 Å². The van der Waals surface area contributed by atoms with Crippen molar-refractivity contribution in [3.8, 4) is 0 Å². The highest BCUT2D eigenvalue weighted by molar-refractivity contribution is 14.1. The third-order valence-corrected chi connectivity index (χ3v) is 3.97. The van der Waals surface area contributed by atoms with E-state index in [1.807, 2.05) is 31.2 Å². The minimum atomic E-state index is 0.0852. The average molecular weight is 374 g/mol. The number of benzene rings is 1. The number of ketones is 1. The second-order valence-corrected chi connectivity index (χ2v) is 5.68. The van der Waals surface area contributed by atoms with Crippen LogP contribution in [0.2, 0.25) is 0 Å². The van der Waals surface area contributed by atoms with Crippen molar-refractivity contribution in [2.24, 2.45) is 0 Å². The molecular formula is C11H11IN4OS. The van der Waals surface area contributed by atoms with Crippen LogP contribution in [0, 0.1) is 3.57 Å². The van der Waals surface area contributed by atoms with E-state index >= 15 is 0 Å². The van der Waals surface area contributed by atoms with Crippen LogP contribution < -0.4 is 0 Å². The molecule has 7 heteroatoms. The van der Waals surface area contributed by atoms with E-state index in [4.69, 9.17) is 0 Å². The second-order valence-electron chi connectivity index (χ2n) is 3.50. The van der Waals surface area contributed by atoms with Gasteiger partial charge in [0.2, 0.25) is 5.16 Å². The van der Waals surface area contributed by atoms with Crippen molar-refractivity contribution in [3.63, 3.8) is 0 Å². The topological polar surface area (TPSA) is 60.7 Å². The molecular weight excluding hydrogens is 363 g/mol. The fourth-order valence-electron chi connectivity index (χ4n) is 1.35. The van der Waals surface area contributed by atoms with Gasteiger partial charge in [0.05, 0.1) is 5.75 Å². The number of halogens is 1. The summed E-state index contributed by atoms with van der Waals surface area (Å²) in [7, 11) is 0. The number of aromatic nitrogens is 4. The summed E-state index contributed by atoms with van der Waals surface area (Å²) in [5.74, 6) is 0.433. The van der Waals surface area contributed by atoms with Gasteiger partial charge in [-0.3, -0.25) is 4.79 Å². The number of hydrogen-bond acceptors (Lipinski definition) is 5. The molecule has 0 aliphatic rings. The largest absolute Gasteiger partial charge is 0.293 e. The molecule has 0 bridgehead atoms. The molecule has 0 aliphatic carbocycles. The van der Waals surface area contributed by atoms with Gasteiger partial charge in [0, 0.05) is 15.7 Å². The van der Waals surface area contributed by atoms with Crippen LogP contribution >= 0.6 is 34.4 Å². The maximum Gasteiger partial charge on any atom is 0.209 e. The lowest BCUT2D eigenvalue weighted by atomic mass is 10.2. The summed E-state index contributed by atoms with van der Waals surface area (Å²) < 4.78 is 2.79. The van der Waals surface area contributed by atoms with Crippen molar-refractivity contribution in [2.75, 3.05) is 5.75 Å². The summed E-state index contributed by atoms with van der Waals surface area (Å²) >= 11 is 3.57. The van der Waals surface area contributed by atoms with Crippen molar-refractivity contribution in [3.05, 3.63) is 33.4 Å². The fourth-order valence-corrected chi connectivity index (χ4v) is 2.54. The Hall–Kier alpha value is -0.960. The van der Waals surface area contributed by atoms with Crippen LogP contribution in [-0.4, -0.2) is 31.7 Å². The molecule has 0 radical (unpaired) electrons. The lowest BCUT2D eigenvalue weighted by molar-refractivity contribution is 0.102. The summed E-state index contributed by atoms with van der Waals surface area (Å²) in [6.45, 7) is 2.66. The van der Waals surface area contributed by atoms with Gasteiger partial charge in [0.15, 0.2) is 5.78 Å². The molecule has 94 valence electrons. The summed E-state index contributed by atoms with van der Waals surface area (Å²) in [5, 5.41) is 12.0. The molecule has 2 aromatic rings. The molecule has 5 nitrogen and oxygen atoms in total. The van der Waals surface area contributed by atoms with Gasteiger partial charge < -0.3 is 0 Å². The first-order valence-electron chi connectivity index (χ1n) is 5.38. The highest BCUT2D eigenvalue weighted by Gasteiger charge is 2.10. The van der Waals surface area contributed by atoms with Crippen LogP contribution in [0.4, 0.5) is 0 Å². The number of Topliss-reactive ketones (excluding diaryl/α,β-unsaturated/α-hetero) is 1. The van der Waals surface area contributed by atoms with Gasteiger partial charge in [-0.2, -0.15) is 0 Å². The zero-order valence-electron chi connectivity index (χ0n) is 9.71. The van der Waals surface area contributed by atoms with Gasteiger partial charge in [-0.25, -0.2) is 4.68 Å². The Morgan fingerprint density at radius 3 is 2.78 bits per heavy atom. The summed E-state index contributed by atoms with van der Waals surface area (Å²) in [5.41, 5.74) is 0.721. The van der Waals surface area contributed by atoms with Crippen molar-refractivity contribution >= 4 is 40.1 Å². The molecule has 18 heavy (non-hydrogen) atoms. The Morgan fingerprint density at radius 1 is 1.39 bits per heavy atom. The quantitative estimate of drug-likeness (QED) is 0.457. The minimum Gasteiger partial charge on any atom is -0.293 e. The normalized spacial score (nSPS) is 10.6. The molecule has 0 amide bonds. The Labute approximate surface area is 122 Å². The van der Waals surface area contributed by atoms with E-state index in [2.05, 4.69) is 38.1 Å². The molecule has 0 N–H and O–H groups in total. The van der Waals surface area contributed by atoms with E-state index in [1.165, 1.54) is 11.8 Å². The summed E-state index contributed by atoms with van der Waals surface area (Å²) in [6, 6.07) is 7.53. The molecule has 0 unspecified atom stereocenters. The summed E-state index contributed by atoms with van der Waals surface area (Å²) in [4.78, 5) is 11.9. The van der Waals surface area contributed by atoms with E-state index < -0.39 is 0 Å². The smallest absolute Gasteiger partial charge is 0.209 e. The summed E-state index contributed by atoms with van der Waals surface area (Å²) in [6.07, 6.45) is 0. The van der Waals surface area contributed by atoms with Crippen molar-refractivity contribution < 1.29 is 4.79 Å². The predicted octanol–water partition coefficient (Wildman–Crippen LogP) is 2.27. The molecule has 0 aliphatic heterocycles. The van der Waals surface area contributed by atoms with Gasteiger partial charge in [-0.05, 0) is 52.1 Å². The molecule has 0 saturated heterocycles. The van der Waals surface area contributed by atoms with E-state index in [-0.39, 0.29) is 5.78 Å². The Balaban J connectivity index is 1.98. The number of carbonyl (C=O) groups excluding carboxylic acids is 1. The molecule has 0 atom stereocenters. The third-order valence-electron chi connectivity index (χ3n) is 2.30. The van der Waals surface area contributed by atoms with E-state index in [0.29, 0.717) is 17.5 Å². The first-order chi connectivity index (χ1) is 8.70. The first kappa shape index (κ1) is 13.5. The van der Waals surface area contributed by atoms with Crippen molar-refractivity contribution in [1.82, 2.24) is 20.2 Å².